The molecule has 6 rings (SSSR count). The molecule has 0 atom stereocenters. The molecule has 1 aromatic heterocycles. The molecule has 6 nitrogen and oxygen atoms in total. The van der Waals surface area contributed by atoms with E-state index in [0.29, 0.717) is 59.6 Å². The van der Waals surface area contributed by atoms with Crippen LogP contribution in [0.15, 0.2) is 30.3 Å². The lowest BCUT2D eigenvalue weighted by Crippen LogP contribution is -2.49. The number of aromatic nitrogens is 1. The number of aryl methyl sites for hydroxylation is 1. The van der Waals surface area contributed by atoms with Gasteiger partial charge in [0, 0.05) is 75.0 Å². The van der Waals surface area contributed by atoms with E-state index in [-0.39, 0.29) is 41.5 Å². The number of hydrogen-bond acceptors (Lipinski definition) is 5. The number of H-pyrrole nitrogens is 1. The Morgan fingerprint density at radius 1 is 1.25 bits per heavy atom. The molecular formula is C30H34N4O2. The first-order valence-electron chi connectivity index (χ1n) is 16.0. The predicted octanol–water partition coefficient (Wildman–Crippen LogP) is 4.77. The van der Waals surface area contributed by atoms with Crippen molar-refractivity contribution in [1.29, 1.82) is 5.26 Å². The van der Waals surface area contributed by atoms with Gasteiger partial charge in [-0.2, -0.15) is 5.26 Å². The highest BCUT2D eigenvalue weighted by Gasteiger charge is 2.40. The molecule has 0 spiro atoms. The zero-order valence-corrected chi connectivity index (χ0v) is 20.6. The largest absolute Gasteiger partial charge is 0.379 e. The molecular weight excluding hydrogens is 448 g/mol. The lowest BCUT2D eigenvalue weighted by molar-refractivity contribution is 0.0115. The van der Waals surface area contributed by atoms with E-state index in [1.165, 1.54) is 6.07 Å². The molecule has 186 valence electrons. The molecule has 1 aliphatic carbocycles. The molecule has 2 aromatic carbocycles. The van der Waals surface area contributed by atoms with E-state index in [4.69, 9.17) is 14.3 Å². The van der Waals surface area contributed by atoms with Crippen LogP contribution in [0.4, 0.5) is 5.69 Å². The summed E-state index contributed by atoms with van der Waals surface area (Å²) in [5.41, 5.74) is 1.95. The van der Waals surface area contributed by atoms with Gasteiger partial charge in [0.2, 0.25) is 0 Å². The number of carbonyl (C=O) groups is 1. The van der Waals surface area contributed by atoms with Crippen molar-refractivity contribution in [2.45, 2.75) is 51.4 Å². The Kier molecular flexibility index (Phi) is 4.03. The van der Waals surface area contributed by atoms with Crippen LogP contribution >= 0.6 is 0 Å². The first-order chi connectivity index (χ1) is 20.1. The monoisotopic (exact) mass is 489 g/mol. The summed E-state index contributed by atoms with van der Waals surface area (Å²) in [4.78, 5) is 20.6. The second kappa shape index (κ2) is 8.76. The minimum atomic E-state index is -2.29. The summed E-state index contributed by atoms with van der Waals surface area (Å²) in [5.74, 6) is -0.342. The minimum absolute atomic E-state index is 0.00260. The number of piperidine rings is 1. The number of aromatic amines is 1. The van der Waals surface area contributed by atoms with Crippen LogP contribution < -0.4 is 4.90 Å². The van der Waals surface area contributed by atoms with Gasteiger partial charge in [-0.15, -0.1) is 0 Å². The summed E-state index contributed by atoms with van der Waals surface area (Å²) in [6, 6.07) is 9.77. The van der Waals surface area contributed by atoms with Crippen LogP contribution in [0, 0.1) is 11.3 Å². The highest BCUT2D eigenvalue weighted by Crippen LogP contribution is 2.46. The highest BCUT2D eigenvalue weighted by molar-refractivity contribution is 6.20. The number of nitriles is 1. The molecule has 0 saturated carbocycles. The summed E-state index contributed by atoms with van der Waals surface area (Å²) >= 11 is 0. The number of rotatable bonds is 3. The number of morpholine rings is 1. The second-order valence-corrected chi connectivity index (χ2v) is 10.2. The SMILES string of the molecule is [2H]CC([2H])([2H])c1cc2c(cc1N1C([2H])([2H])CC(N3CCOCC3)CC1([2H])[2H])C(C)(C)c1[nH]c3cc(C#N)ccc3c1C2=O. The fraction of sp³-hybridized carbons (Fsp3) is 0.467. The fourth-order valence-electron chi connectivity index (χ4n) is 5.75. The van der Waals surface area contributed by atoms with E-state index in [9.17, 15) is 10.1 Å². The Bertz CT molecular complexity index is 1650. The smallest absolute Gasteiger partial charge is 0.195 e. The molecule has 1 N–H and O–H groups in total. The number of nitrogens with zero attached hydrogens (tertiary/aromatic N) is 3. The minimum Gasteiger partial charge on any atom is -0.379 e. The third-order valence-electron chi connectivity index (χ3n) is 7.80. The molecule has 0 radical (unpaired) electrons. The molecule has 2 saturated heterocycles. The number of fused-ring (bicyclic) bond motifs is 4. The van der Waals surface area contributed by atoms with Crippen molar-refractivity contribution >= 4 is 22.4 Å². The zero-order valence-electron chi connectivity index (χ0n) is 27.6. The molecule has 3 heterocycles. The van der Waals surface area contributed by atoms with Gasteiger partial charge in [-0.05, 0) is 54.6 Å². The normalized spacial score (nSPS) is 26.3. The van der Waals surface area contributed by atoms with Crippen LogP contribution in [0.5, 0.6) is 0 Å². The Hall–Kier alpha value is -3.14. The van der Waals surface area contributed by atoms with Gasteiger partial charge < -0.3 is 14.6 Å². The van der Waals surface area contributed by atoms with E-state index in [0.717, 1.165) is 4.90 Å². The third kappa shape index (κ3) is 3.56. The van der Waals surface area contributed by atoms with Crippen molar-refractivity contribution in [1.82, 2.24) is 9.88 Å². The Morgan fingerprint density at radius 2 is 2.03 bits per heavy atom. The Morgan fingerprint density at radius 3 is 2.75 bits per heavy atom. The molecule has 0 bridgehead atoms. The molecule has 3 aromatic rings. The van der Waals surface area contributed by atoms with Gasteiger partial charge in [-0.1, -0.05) is 26.8 Å². The summed E-state index contributed by atoms with van der Waals surface area (Å²) < 4.78 is 67.4. The van der Waals surface area contributed by atoms with Crippen molar-refractivity contribution < 1.29 is 19.1 Å². The average molecular weight is 490 g/mol. The number of anilines is 1. The molecule has 36 heavy (non-hydrogen) atoms. The summed E-state index contributed by atoms with van der Waals surface area (Å²) in [6.45, 7) is 0.902. The van der Waals surface area contributed by atoms with Gasteiger partial charge in [0.15, 0.2) is 5.78 Å². The zero-order chi connectivity index (χ0) is 31.1. The number of nitrogens with one attached hydrogen (secondary N) is 1. The van der Waals surface area contributed by atoms with Crippen LogP contribution in [0.3, 0.4) is 0 Å². The fourth-order valence-corrected chi connectivity index (χ4v) is 5.75. The maximum atomic E-state index is 14.1. The lowest BCUT2D eigenvalue weighted by atomic mass is 9.70. The first-order valence-corrected chi connectivity index (χ1v) is 12.3. The quantitative estimate of drug-likeness (QED) is 0.574. The van der Waals surface area contributed by atoms with Crippen molar-refractivity contribution in [3.05, 3.63) is 63.8 Å². The predicted molar refractivity (Wildman–Crippen MR) is 142 cm³/mol. The highest BCUT2D eigenvalue weighted by atomic mass is 16.5. The summed E-state index contributed by atoms with van der Waals surface area (Å²) in [6.07, 6.45) is -2.28. The second-order valence-electron chi connectivity index (χ2n) is 10.2. The number of hydrogen-bond donors (Lipinski definition) is 1. The topological polar surface area (TPSA) is 72.4 Å². The van der Waals surface area contributed by atoms with Gasteiger partial charge >= 0.3 is 0 Å². The van der Waals surface area contributed by atoms with Crippen LogP contribution in [0.1, 0.15) is 81.5 Å². The van der Waals surface area contributed by atoms with Crippen LogP contribution in [-0.2, 0) is 16.5 Å². The molecule has 0 unspecified atom stereocenters. The number of ketones is 1. The van der Waals surface area contributed by atoms with Crippen molar-refractivity contribution in [2.24, 2.45) is 0 Å². The number of benzene rings is 2. The third-order valence-corrected chi connectivity index (χ3v) is 7.80. The van der Waals surface area contributed by atoms with Crippen molar-refractivity contribution in [3.63, 3.8) is 0 Å². The lowest BCUT2D eigenvalue weighted by Gasteiger charge is -2.42. The summed E-state index contributed by atoms with van der Waals surface area (Å²) in [5, 5.41) is 10.0. The van der Waals surface area contributed by atoms with E-state index < -0.39 is 31.7 Å². The van der Waals surface area contributed by atoms with Crippen molar-refractivity contribution in [2.75, 3.05) is 44.2 Å². The Balaban J connectivity index is 1.54. The van der Waals surface area contributed by atoms with E-state index >= 15 is 0 Å². The number of carbonyl (C=O) groups excluding carboxylic acids is 1. The standard InChI is InChI=1S/C30H34N4O2/c1-4-20-16-23-24(17-26(20)34-9-7-21(8-10-34)33-11-13-36-14-12-33)30(2,3)29-27(28(23)35)22-6-5-19(18-31)15-25(22)32-29/h5-6,15-17,21,32H,4,7-14H2,1-3H3/i1D,4D2,9D2,10D2. The van der Waals surface area contributed by atoms with Gasteiger partial charge in [-0.3, -0.25) is 9.69 Å². The average Bonchev–Trinajstić information content (AvgIpc) is 3.35. The van der Waals surface area contributed by atoms with Gasteiger partial charge in [-0.25, -0.2) is 0 Å². The molecule has 2 aliphatic heterocycles. The molecule has 2 fully saturated rings. The van der Waals surface area contributed by atoms with E-state index in [1.807, 2.05) is 13.8 Å². The van der Waals surface area contributed by atoms with Crippen molar-refractivity contribution in [3.8, 4) is 6.07 Å². The maximum absolute atomic E-state index is 14.1. The van der Waals surface area contributed by atoms with E-state index in [2.05, 4.69) is 16.0 Å². The van der Waals surface area contributed by atoms with Gasteiger partial charge in [0.25, 0.3) is 0 Å². The molecule has 3 aliphatic rings. The molecule has 0 amide bonds. The van der Waals surface area contributed by atoms with Gasteiger partial charge in [0.05, 0.1) is 30.4 Å². The Labute approximate surface area is 222 Å². The maximum Gasteiger partial charge on any atom is 0.195 e. The molecule has 6 heteroatoms. The van der Waals surface area contributed by atoms with Crippen LogP contribution in [-0.4, -0.2) is 61.0 Å². The van der Waals surface area contributed by atoms with E-state index in [1.54, 1.807) is 24.3 Å². The summed E-state index contributed by atoms with van der Waals surface area (Å²) in [7, 11) is 0. The first kappa shape index (κ1) is 16.6. The van der Waals surface area contributed by atoms with Gasteiger partial charge in [0.1, 0.15) is 0 Å². The number of ether oxygens (including phenoxy) is 1. The van der Waals surface area contributed by atoms with Crippen LogP contribution in [0.2, 0.25) is 0 Å². The van der Waals surface area contributed by atoms with Crippen LogP contribution in [0.25, 0.3) is 10.9 Å².